The first-order valence-electron chi connectivity index (χ1n) is 6.93. The molecule has 0 saturated carbocycles. The summed E-state index contributed by atoms with van der Waals surface area (Å²) >= 11 is 0. The summed E-state index contributed by atoms with van der Waals surface area (Å²) in [5.41, 5.74) is 0. The molecule has 0 aromatic heterocycles. The van der Waals surface area contributed by atoms with E-state index in [0.717, 1.165) is 13.2 Å². The maximum absolute atomic E-state index is 5.92. The van der Waals surface area contributed by atoms with Crippen LogP contribution in [0.1, 0.15) is 54.4 Å². The second-order valence-electron chi connectivity index (χ2n) is 5.01. The summed E-state index contributed by atoms with van der Waals surface area (Å²) in [6.07, 6.45) is 2.86. The molecule has 0 radical (unpaired) electrons. The molecule has 3 atom stereocenters. The fourth-order valence-corrected chi connectivity index (χ4v) is 2.41. The van der Waals surface area contributed by atoms with Crippen molar-refractivity contribution >= 4 is 0 Å². The molecule has 98 valence electrons. The third-order valence-corrected chi connectivity index (χ3v) is 3.17. The fourth-order valence-electron chi connectivity index (χ4n) is 2.41. The molecule has 2 heteroatoms. The van der Waals surface area contributed by atoms with Crippen molar-refractivity contribution in [2.24, 2.45) is 11.8 Å². The van der Waals surface area contributed by atoms with Gasteiger partial charge in [-0.05, 0) is 31.7 Å². The number of nitrogens with one attached hydrogen (secondary N) is 1. The van der Waals surface area contributed by atoms with Crippen molar-refractivity contribution < 1.29 is 4.74 Å². The lowest BCUT2D eigenvalue weighted by atomic mass is 9.87. The molecule has 0 aliphatic rings. The Bertz CT molecular complexity index is 159. The maximum Gasteiger partial charge on any atom is 0.0753 e. The molecule has 0 aliphatic carbocycles. The molecule has 0 bridgehead atoms. The smallest absolute Gasteiger partial charge is 0.0753 e. The van der Waals surface area contributed by atoms with E-state index in [1.165, 1.54) is 12.8 Å². The van der Waals surface area contributed by atoms with Crippen molar-refractivity contribution in [2.75, 3.05) is 13.2 Å². The monoisotopic (exact) mass is 229 g/mol. The quantitative estimate of drug-likeness (QED) is 0.654. The molecule has 3 unspecified atom stereocenters. The zero-order chi connectivity index (χ0) is 12.6. The van der Waals surface area contributed by atoms with Crippen LogP contribution in [-0.4, -0.2) is 25.3 Å². The van der Waals surface area contributed by atoms with Gasteiger partial charge in [0.25, 0.3) is 0 Å². The SMILES string of the molecule is CCCC(C)C(NCC)C(OCC)C(C)C. The minimum absolute atomic E-state index is 0.339. The zero-order valence-electron chi connectivity index (χ0n) is 12.0. The highest BCUT2D eigenvalue weighted by Crippen LogP contribution is 2.21. The van der Waals surface area contributed by atoms with Crippen LogP contribution in [0.5, 0.6) is 0 Å². The molecular weight excluding hydrogens is 198 g/mol. The van der Waals surface area contributed by atoms with Gasteiger partial charge in [0.15, 0.2) is 0 Å². The normalized spacial score (nSPS) is 17.4. The third-order valence-electron chi connectivity index (χ3n) is 3.17. The number of hydrogen-bond donors (Lipinski definition) is 1. The van der Waals surface area contributed by atoms with Crippen molar-refractivity contribution in [3.8, 4) is 0 Å². The highest BCUT2D eigenvalue weighted by molar-refractivity contribution is 4.83. The first kappa shape index (κ1) is 15.9. The Morgan fingerprint density at radius 1 is 1.06 bits per heavy atom. The number of likely N-dealkylation sites (N-methyl/N-ethyl adjacent to an activating group) is 1. The molecule has 0 saturated heterocycles. The summed E-state index contributed by atoms with van der Waals surface area (Å²) in [5, 5.41) is 3.61. The summed E-state index contributed by atoms with van der Waals surface area (Å²) in [5.74, 6) is 1.26. The van der Waals surface area contributed by atoms with Crippen LogP contribution in [0.2, 0.25) is 0 Å². The maximum atomic E-state index is 5.92. The van der Waals surface area contributed by atoms with Crippen LogP contribution in [0.3, 0.4) is 0 Å². The lowest BCUT2D eigenvalue weighted by Crippen LogP contribution is -2.48. The second kappa shape index (κ2) is 9.00. The summed E-state index contributed by atoms with van der Waals surface area (Å²) in [6, 6.07) is 0.491. The Morgan fingerprint density at radius 3 is 2.06 bits per heavy atom. The molecule has 0 rings (SSSR count). The zero-order valence-corrected chi connectivity index (χ0v) is 12.0. The van der Waals surface area contributed by atoms with E-state index in [9.17, 15) is 0 Å². The van der Waals surface area contributed by atoms with Crippen LogP contribution < -0.4 is 5.32 Å². The molecule has 1 N–H and O–H groups in total. The molecule has 2 nitrogen and oxygen atoms in total. The van der Waals surface area contributed by atoms with Gasteiger partial charge in [-0.2, -0.15) is 0 Å². The topological polar surface area (TPSA) is 21.3 Å². The van der Waals surface area contributed by atoms with Gasteiger partial charge < -0.3 is 10.1 Å². The minimum Gasteiger partial charge on any atom is -0.377 e. The van der Waals surface area contributed by atoms with Crippen molar-refractivity contribution in [3.05, 3.63) is 0 Å². The largest absolute Gasteiger partial charge is 0.377 e. The van der Waals surface area contributed by atoms with Crippen LogP contribution in [0, 0.1) is 11.8 Å². The van der Waals surface area contributed by atoms with E-state index in [0.29, 0.717) is 24.0 Å². The van der Waals surface area contributed by atoms with Crippen molar-refractivity contribution in [1.29, 1.82) is 0 Å². The van der Waals surface area contributed by atoms with Crippen molar-refractivity contribution in [2.45, 2.75) is 66.5 Å². The molecule has 0 aliphatic heterocycles. The van der Waals surface area contributed by atoms with E-state index in [1.54, 1.807) is 0 Å². The minimum atomic E-state index is 0.339. The number of rotatable bonds is 9. The fraction of sp³-hybridized carbons (Fsp3) is 1.00. The second-order valence-corrected chi connectivity index (χ2v) is 5.01. The van der Waals surface area contributed by atoms with Crippen LogP contribution in [0.15, 0.2) is 0 Å². The summed E-state index contributed by atoms with van der Waals surface area (Å²) in [7, 11) is 0. The van der Waals surface area contributed by atoms with Crippen LogP contribution in [0.25, 0.3) is 0 Å². The predicted octanol–water partition coefficient (Wildman–Crippen LogP) is 3.46. The predicted molar refractivity (Wildman–Crippen MR) is 71.8 cm³/mol. The van der Waals surface area contributed by atoms with E-state index < -0.39 is 0 Å². The Balaban J connectivity index is 4.54. The van der Waals surface area contributed by atoms with E-state index in [2.05, 4.69) is 46.9 Å². The van der Waals surface area contributed by atoms with Gasteiger partial charge in [0, 0.05) is 12.6 Å². The summed E-state index contributed by atoms with van der Waals surface area (Å²) < 4.78 is 5.92. The molecule has 0 fully saturated rings. The molecule has 0 amide bonds. The lowest BCUT2D eigenvalue weighted by molar-refractivity contribution is -0.0105. The van der Waals surface area contributed by atoms with Gasteiger partial charge in [0.2, 0.25) is 0 Å². The van der Waals surface area contributed by atoms with Gasteiger partial charge in [-0.3, -0.25) is 0 Å². The van der Waals surface area contributed by atoms with E-state index in [1.807, 2.05) is 0 Å². The Labute approximate surface area is 102 Å². The van der Waals surface area contributed by atoms with Gasteiger partial charge >= 0.3 is 0 Å². The van der Waals surface area contributed by atoms with Gasteiger partial charge in [0.1, 0.15) is 0 Å². The Morgan fingerprint density at radius 2 is 1.69 bits per heavy atom. The van der Waals surface area contributed by atoms with Gasteiger partial charge in [-0.25, -0.2) is 0 Å². The van der Waals surface area contributed by atoms with Crippen molar-refractivity contribution in [1.82, 2.24) is 5.32 Å². The highest BCUT2D eigenvalue weighted by Gasteiger charge is 2.28. The molecule has 0 spiro atoms. The van der Waals surface area contributed by atoms with Gasteiger partial charge in [-0.1, -0.05) is 41.0 Å². The van der Waals surface area contributed by atoms with Crippen LogP contribution in [-0.2, 0) is 4.74 Å². The molecule has 0 heterocycles. The van der Waals surface area contributed by atoms with E-state index in [4.69, 9.17) is 4.74 Å². The van der Waals surface area contributed by atoms with E-state index >= 15 is 0 Å². The first-order chi connectivity index (χ1) is 7.58. The molecule has 0 aromatic rings. The van der Waals surface area contributed by atoms with E-state index in [-0.39, 0.29) is 0 Å². The van der Waals surface area contributed by atoms with Crippen molar-refractivity contribution in [3.63, 3.8) is 0 Å². The molecule has 16 heavy (non-hydrogen) atoms. The van der Waals surface area contributed by atoms with Crippen LogP contribution >= 0.6 is 0 Å². The third kappa shape index (κ3) is 5.31. The van der Waals surface area contributed by atoms with Gasteiger partial charge in [-0.15, -0.1) is 0 Å². The van der Waals surface area contributed by atoms with Gasteiger partial charge in [0.05, 0.1) is 6.10 Å². The Hall–Kier alpha value is -0.0800. The van der Waals surface area contributed by atoms with Crippen LogP contribution in [0.4, 0.5) is 0 Å². The number of hydrogen-bond acceptors (Lipinski definition) is 2. The molecular formula is C14H31NO. The molecule has 0 aromatic carbocycles. The standard InChI is InChI=1S/C14H31NO/c1-7-10-12(6)13(15-8-2)14(11(4)5)16-9-3/h11-15H,7-10H2,1-6H3. The Kier molecular flexibility index (Phi) is 8.96. The lowest BCUT2D eigenvalue weighted by Gasteiger charge is -2.34. The summed E-state index contributed by atoms with van der Waals surface area (Å²) in [4.78, 5) is 0. The summed E-state index contributed by atoms with van der Waals surface area (Å²) in [6.45, 7) is 15.2. The average Bonchev–Trinajstić information content (AvgIpc) is 2.23. The average molecular weight is 229 g/mol. The number of ether oxygens (including phenoxy) is 1. The highest BCUT2D eigenvalue weighted by atomic mass is 16.5. The first-order valence-corrected chi connectivity index (χ1v) is 6.93.